The average Bonchev–Trinajstić information content (AvgIpc) is 2.72. The summed E-state index contributed by atoms with van der Waals surface area (Å²) >= 11 is 0. The van der Waals surface area contributed by atoms with Crippen molar-refractivity contribution in [1.29, 1.82) is 0 Å². The van der Waals surface area contributed by atoms with Gasteiger partial charge in [-0.15, -0.1) is 0 Å². The van der Waals surface area contributed by atoms with Crippen molar-refractivity contribution >= 4 is 5.96 Å². The molecular weight excluding hydrogens is 230 g/mol. The Morgan fingerprint density at radius 2 is 2.39 bits per heavy atom. The lowest BCUT2D eigenvalue weighted by atomic mass is 10.4. The number of nitrogens with zero attached hydrogens (tertiary/aromatic N) is 3. The van der Waals surface area contributed by atoms with Crippen molar-refractivity contribution < 1.29 is 4.74 Å². The van der Waals surface area contributed by atoms with Gasteiger partial charge < -0.3 is 15.4 Å². The zero-order chi connectivity index (χ0) is 13.4. The van der Waals surface area contributed by atoms with Crippen LogP contribution in [0, 0.1) is 0 Å². The van der Waals surface area contributed by atoms with E-state index >= 15 is 0 Å². The van der Waals surface area contributed by atoms with Gasteiger partial charge in [-0.05, 0) is 19.9 Å². The lowest BCUT2D eigenvalue weighted by Crippen LogP contribution is -2.43. The number of nitrogens with one attached hydrogen (secondary N) is 2. The molecule has 2 N–H and O–H groups in total. The van der Waals surface area contributed by atoms with Crippen LogP contribution in [0.5, 0.6) is 0 Å². The summed E-state index contributed by atoms with van der Waals surface area (Å²) in [7, 11) is 3.61. The second-order valence-electron chi connectivity index (χ2n) is 4.14. The maximum Gasteiger partial charge on any atom is 0.191 e. The Bertz CT molecular complexity index is 374. The van der Waals surface area contributed by atoms with Gasteiger partial charge in [0.25, 0.3) is 0 Å². The molecule has 1 rings (SSSR count). The number of aromatic nitrogens is 2. The number of aryl methyl sites for hydroxylation is 1. The molecule has 1 unspecified atom stereocenters. The third-order valence-corrected chi connectivity index (χ3v) is 2.47. The molecule has 6 heteroatoms. The van der Waals surface area contributed by atoms with E-state index in [2.05, 4.69) is 27.6 Å². The normalized spacial score (nSPS) is 13.4. The fraction of sp³-hybridized carbons (Fsp3) is 0.667. The Kier molecular flexibility index (Phi) is 6.21. The molecule has 0 aliphatic rings. The number of rotatable bonds is 6. The maximum atomic E-state index is 5.09. The van der Waals surface area contributed by atoms with Gasteiger partial charge in [0.05, 0.1) is 18.8 Å². The van der Waals surface area contributed by atoms with Gasteiger partial charge in [-0.25, -0.2) is 4.99 Å². The van der Waals surface area contributed by atoms with E-state index in [1.165, 1.54) is 0 Å². The van der Waals surface area contributed by atoms with Gasteiger partial charge in [0.1, 0.15) is 0 Å². The highest BCUT2D eigenvalue weighted by Gasteiger charge is 2.04. The fourth-order valence-electron chi connectivity index (χ4n) is 1.56. The summed E-state index contributed by atoms with van der Waals surface area (Å²) in [6.07, 6.45) is 1.78. The third kappa shape index (κ3) is 4.75. The van der Waals surface area contributed by atoms with E-state index in [0.29, 0.717) is 13.2 Å². The molecule has 1 atom stereocenters. The van der Waals surface area contributed by atoms with Gasteiger partial charge in [-0.1, -0.05) is 0 Å². The first-order chi connectivity index (χ1) is 8.67. The van der Waals surface area contributed by atoms with E-state index < -0.39 is 0 Å². The van der Waals surface area contributed by atoms with Crippen molar-refractivity contribution in [1.82, 2.24) is 20.4 Å². The lowest BCUT2D eigenvalue weighted by Gasteiger charge is -2.16. The van der Waals surface area contributed by atoms with Crippen molar-refractivity contribution in [3.63, 3.8) is 0 Å². The number of aliphatic imine (C=N–C) groups is 1. The van der Waals surface area contributed by atoms with Gasteiger partial charge in [0.15, 0.2) is 5.96 Å². The van der Waals surface area contributed by atoms with Crippen molar-refractivity contribution in [2.24, 2.45) is 12.0 Å². The molecule has 1 heterocycles. The second-order valence-corrected chi connectivity index (χ2v) is 4.14. The lowest BCUT2D eigenvalue weighted by molar-refractivity contribution is 0.179. The standard InChI is InChI=1S/C12H23N5O/c1-5-13-12(16-10(2)9-18-4)14-8-11-6-7-15-17(11)3/h6-7,10H,5,8-9H2,1-4H3,(H2,13,14,16). The van der Waals surface area contributed by atoms with Crippen LogP contribution >= 0.6 is 0 Å². The average molecular weight is 253 g/mol. The van der Waals surface area contributed by atoms with Gasteiger partial charge >= 0.3 is 0 Å². The summed E-state index contributed by atoms with van der Waals surface area (Å²) in [5.74, 6) is 0.795. The Balaban J connectivity index is 2.57. The van der Waals surface area contributed by atoms with Crippen LogP contribution in [0.2, 0.25) is 0 Å². The van der Waals surface area contributed by atoms with E-state index in [1.807, 2.05) is 24.7 Å². The van der Waals surface area contributed by atoms with Crippen LogP contribution in [0.15, 0.2) is 17.3 Å². The van der Waals surface area contributed by atoms with Gasteiger partial charge in [0.2, 0.25) is 0 Å². The predicted octanol–water partition coefficient (Wildman–Crippen LogP) is 0.510. The molecule has 0 saturated carbocycles. The molecule has 18 heavy (non-hydrogen) atoms. The van der Waals surface area contributed by atoms with Crippen molar-refractivity contribution in [3.05, 3.63) is 18.0 Å². The molecule has 1 aromatic heterocycles. The highest BCUT2D eigenvalue weighted by atomic mass is 16.5. The molecule has 0 fully saturated rings. The van der Waals surface area contributed by atoms with Crippen molar-refractivity contribution in [3.8, 4) is 0 Å². The van der Waals surface area contributed by atoms with Gasteiger partial charge in [-0.3, -0.25) is 4.68 Å². The molecule has 0 aliphatic carbocycles. The van der Waals surface area contributed by atoms with Crippen LogP contribution in [0.1, 0.15) is 19.5 Å². The molecular formula is C12H23N5O. The number of guanidine groups is 1. The fourth-order valence-corrected chi connectivity index (χ4v) is 1.56. The van der Waals surface area contributed by atoms with Crippen LogP contribution in [0.25, 0.3) is 0 Å². The summed E-state index contributed by atoms with van der Waals surface area (Å²) in [5, 5.41) is 10.6. The molecule has 0 aromatic carbocycles. The summed E-state index contributed by atoms with van der Waals surface area (Å²) in [6, 6.07) is 2.19. The van der Waals surface area contributed by atoms with Crippen molar-refractivity contribution in [2.45, 2.75) is 26.4 Å². The van der Waals surface area contributed by atoms with E-state index in [-0.39, 0.29) is 6.04 Å². The zero-order valence-electron chi connectivity index (χ0n) is 11.6. The summed E-state index contributed by atoms with van der Waals surface area (Å²) in [4.78, 5) is 4.52. The maximum absolute atomic E-state index is 5.09. The minimum atomic E-state index is 0.222. The van der Waals surface area contributed by atoms with Gasteiger partial charge in [-0.2, -0.15) is 5.10 Å². The van der Waals surface area contributed by atoms with E-state index in [0.717, 1.165) is 18.2 Å². The number of ether oxygens (including phenoxy) is 1. The largest absolute Gasteiger partial charge is 0.383 e. The first kappa shape index (κ1) is 14.5. The second kappa shape index (κ2) is 7.71. The topological polar surface area (TPSA) is 63.5 Å². The molecule has 0 bridgehead atoms. The first-order valence-corrected chi connectivity index (χ1v) is 6.18. The molecule has 0 amide bonds. The highest BCUT2D eigenvalue weighted by molar-refractivity contribution is 5.80. The highest BCUT2D eigenvalue weighted by Crippen LogP contribution is 1.98. The third-order valence-electron chi connectivity index (χ3n) is 2.47. The van der Waals surface area contributed by atoms with Crippen molar-refractivity contribution in [2.75, 3.05) is 20.3 Å². The predicted molar refractivity (Wildman–Crippen MR) is 72.5 cm³/mol. The number of hydrogen-bond acceptors (Lipinski definition) is 3. The minimum Gasteiger partial charge on any atom is -0.383 e. The Labute approximate surface area is 108 Å². The Hall–Kier alpha value is -1.56. The summed E-state index contributed by atoms with van der Waals surface area (Å²) < 4.78 is 6.92. The molecule has 6 nitrogen and oxygen atoms in total. The zero-order valence-corrected chi connectivity index (χ0v) is 11.6. The van der Waals surface area contributed by atoms with E-state index in [1.54, 1.807) is 13.3 Å². The van der Waals surface area contributed by atoms with Gasteiger partial charge in [0, 0.05) is 32.9 Å². The Morgan fingerprint density at radius 3 is 2.94 bits per heavy atom. The first-order valence-electron chi connectivity index (χ1n) is 6.18. The van der Waals surface area contributed by atoms with E-state index in [9.17, 15) is 0 Å². The van der Waals surface area contributed by atoms with Crippen LogP contribution in [-0.2, 0) is 18.3 Å². The van der Waals surface area contributed by atoms with Crippen LogP contribution in [0.4, 0.5) is 0 Å². The molecule has 0 spiro atoms. The molecule has 0 saturated heterocycles. The van der Waals surface area contributed by atoms with Crippen LogP contribution in [0.3, 0.4) is 0 Å². The van der Waals surface area contributed by atoms with Crippen LogP contribution in [-0.4, -0.2) is 42.0 Å². The smallest absolute Gasteiger partial charge is 0.191 e. The number of hydrogen-bond donors (Lipinski definition) is 2. The monoisotopic (exact) mass is 253 g/mol. The van der Waals surface area contributed by atoms with Crippen LogP contribution < -0.4 is 10.6 Å². The molecule has 0 radical (unpaired) electrons. The van der Waals surface area contributed by atoms with E-state index in [4.69, 9.17) is 4.74 Å². The minimum absolute atomic E-state index is 0.222. The quantitative estimate of drug-likeness (QED) is 0.573. The molecule has 102 valence electrons. The SMILES string of the molecule is CCNC(=NCc1ccnn1C)NC(C)COC. The summed E-state index contributed by atoms with van der Waals surface area (Å²) in [5.41, 5.74) is 1.08. The molecule has 1 aromatic rings. The molecule has 0 aliphatic heterocycles. The summed E-state index contributed by atoms with van der Waals surface area (Å²) in [6.45, 7) is 6.18. The Morgan fingerprint density at radius 1 is 1.61 bits per heavy atom. The number of methoxy groups -OCH3 is 1.